The summed E-state index contributed by atoms with van der Waals surface area (Å²) in [6, 6.07) is 9.19. The smallest absolute Gasteiger partial charge is 0.337 e. The molecule has 2 amide bonds. The summed E-state index contributed by atoms with van der Waals surface area (Å²) < 4.78 is 38.9. The van der Waals surface area contributed by atoms with E-state index in [4.69, 9.17) is 11.6 Å². The number of nitrogens with one attached hydrogen (secondary N) is 1. The first-order valence-corrected chi connectivity index (χ1v) is 10.5. The van der Waals surface area contributed by atoms with Gasteiger partial charge >= 0.3 is 6.18 Å². The molecule has 180 valence electrons. The normalized spacial score (nSPS) is 14.9. The summed E-state index contributed by atoms with van der Waals surface area (Å²) in [5.41, 5.74) is -0.846. The number of nitro groups is 1. The fourth-order valence-corrected chi connectivity index (χ4v) is 3.64. The van der Waals surface area contributed by atoms with Crippen molar-refractivity contribution in [2.45, 2.75) is 6.18 Å². The average molecular weight is 497 g/mol. The van der Waals surface area contributed by atoms with Crippen LogP contribution in [0.3, 0.4) is 0 Å². The molecule has 3 rings (SSSR count). The van der Waals surface area contributed by atoms with Gasteiger partial charge in [-0.3, -0.25) is 24.6 Å². The van der Waals surface area contributed by atoms with Gasteiger partial charge in [0.25, 0.3) is 5.69 Å². The van der Waals surface area contributed by atoms with Gasteiger partial charge in [-0.05, 0) is 30.3 Å². The predicted molar refractivity (Wildman–Crippen MR) is 120 cm³/mol. The van der Waals surface area contributed by atoms with E-state index < -0.39 is 27.6 Å². The minimum absolute atomic E-state index is 0.0179. The molecule has 1 heterocycles. The van der Waals surface area contributed by atoms with Crippen molar-refractivity contribution in [3.05, 3.63) is 74.8 Å². The van der Waals surface area contributed by atoms with Gasteiger partial charge in [-0.1, -0.05) is 23.7 Å². The molecule has 1 aliphatic heterocycles. The Hall–Kier alpha value is -3.44. The van der Waals surface area contributed by atoms with Crippen LogP contribution in [0.1, 0.15) is 11.1 Å². The predicted octanol–water partition coefficient (Wildman–Crippen LogP) is 4.06. The Labute approximate surface area is 197 Å². The minimum Gasteiger partial charge on any atom is -0.337 e. The number of carbonyl (C=O) groups excluding carboxylic acids is 2. The van der Waals surface area contributed by atoms with E-state index in [0.717, 1.165) is 12.1 Å². The summed E-state index contributed by atoms with van der Waals surface area (Å²) >= 11 is 5.58. The van der Waals surface area contributed by atoms with Crippen molar-refractivity contribution >= 4 is 40.9 Å². The van der Waals surface area contributed by atoms with Crippen LogP contribution < -0.4 is 5.32 Å². The third-order valence-corrected chi connectivity index (χ3v) is 5.48. The van der Waals surface area contributed by atoms with Crippen LogP contribution in [0.15, 0.2) is 48.5 Å². The Balaban J connectivity index is 1.51. The molecule has 1 aliphatic rings. The van der Waals surface area contributed by atoms with Crippen LogP contribution >= 0.6 is 11.6 Å². The first kappa shape index (κ1) is 25.2. The van der Waals surface area contributed by atoms with E-state index in [-0.39, 0.29) is 23.8 Å². The molecule has 0 spiro atoms. The molecule has 8 nitrogen and oxygen atoms in total. The van der Waals surface area contributed by atoms with Crippen molar-refractivity contribution in [2.75, 3.05) is 38.0 Å². The van der Waals surface area contributed by atoms with Gasteiger partial charge in [0, 0.05) is 44.0 Å². The number of piperazine rings is 1. The molecule has 2 aromatic rings. The first-order valence-electron chi connectivity index (χ1n) is 10.1. The highest BCUT2D eigenvalue weighted by Crippen LogP contribution is 2.36. The molecule has 1 N–H and O–H groups in total. The number of alkyl halides is 3. The molecule has 0 atom stereocenters. The van der Waals surface area contributed by atoms with Gasteiger partial charge in [-0.25, -0.2) is 0 Å². The van der Waals surface area contributed by atoms with Crippen molar-refractivity contribution in [1.82, 2.24) is 9.80 Å². The third kappa shape index (κ3) is 6.55. The number of benzene rings is 2. The number of para-hydroxylation sites is 1. The molecule has 1 saturated heterocycles. The molecular formula is C22H20ClF3N4O4. The molecule has 12 heteroatoms. The van der Waals surface area contributed by atoms with E-state index in [1.54, 1.807) is 15.9 Å². The topological polar surface area (TPSA) is 95.8 Å². The van der Waals surface area contributed by atoms with E-state index in [0.29, 0.717) is 31.7 Å². The molecular weight excluding hydrogens is 477 g/mol. The molecule has 0 radical (unpaired) electrons. The van der Waals surface area contributed by atoms with Gasteiger partial charge in [0.05, 0.1) is 27.6 Å². The molecule has 2 aromatic carbocycles. The van der Waals surface area contributed by atoms with Crippen molar-refractivity contribution < 1.29 is 27.7 Å². The summed E-state index contributed by atoms with van der Waals surface area (Å²) in [6.45, 7) is 1.36. The lowest BCUT2D eigenvalue weighted by atomic mass is 10.1. The zero-order valence-corrected chi connectivity index (χ0v) is 18.5. The van der Waals surface area contributed by atoms with Crippen molar-refractivity contribution in [3.8, 4) is 0 Å². The lowest BCUT2D eigenvalue weighted by molar-refractivity contribution is -0.385. The van der Waals surface area contributed by atoms with E-state index in [1.807, 2.05) is 0 Å². The highest BCUT2D eigenvalue weighted by molar-refractivity contribution is 6.31. The lowest BCUT2D eigenvalue weighted by Gasteiger charge is -2.33. The maximum atomic E-state index is 13.0. The van der Waals surface area contributed by atoms with E-state index in [1.165, 1.54) is 36.4 Å². The van der Waals surface area contributed by atoms with Crippen molar-refractivity contribution in [2.24, 2.45) is 0 Å². The number of anilines is 1. The number of rotatable bonds is 6. The Morgan fingerprint density at radius 1 is 1.12 bits per heavy atom. The Kier molecular flexibility index (Phi) is 7.90. The summed E-state index contributed by atoms with van der Waals surface area (Å²) in [6.07, 6.45) is -1.98. The molecule has 0 unspecified atom stereocenters. The second kappa shape index (κ2) is 10.7. The molecule has 0 aromatic heterocycles. The van der Waals surface area contributed by atoms with Gasteiger partial charge in [0.2, 0.25) is 11.8 Å². The lowest BCUT2D eigenvalue weighted by Crippen LogP contribution is -2.50. The van der Waals surface area contributed by atoms with Crippen LogP contribution in [0, 0.1) is 10.1 Å². The standard InChI is InChI=1S/C22H20ClF3N4O4/c23-18-7-6-16(13-17(18)22(24,25)26)27-20(31)14-28-9-11-29(12-10-28)21(32)8-5-15-3-1-2-4-19(15)30(33)34/h1-8,13H,9-12,14H2,(H,27,31). The van der Waals surface area contributed by atoms with Crippen LogP contribution in [0.2, 0.25) is 5.02 Å². The van der Waals surface area contributed by atoms with Gasteiger partial charge < -0.3 is 10.2 Å². The van der Waals surface area contributed by atoms with Gasteiger partial charge in [-0.2, -0.15) is 13.2 Å². The average Bonchev–Trinajstić information content (AvgIpc) is 2.78. The number of nitro benzene ring substituents is 1. The second-order valence-corrected chi connectivity index (χ2v) is 7.90. The third-order valence-electron chi connectivity index (χ3n) is 5.15. The fraction of sp³-hybridized carbons (Fsp3) is 0.273. The second-order valence-electron chi connectivity index (χ2n) is 7.49. The van der Waals surface area contributed by atoms with Crippen LogP contribution in [-0.2, 0) is 15.8 Å². The number of halogens is 4. The quantitative estimate of drug-likeness (QED) is 0.369. The summed E-state index contributed by atoms with van der Waals surface area (Å²) in [5, 5.41) is 13.0. The Morgan fingerprint density at radius 3 is 2.44 bits per heavy atom. The molecule has 0 aliphatic carbocycles. The Morgan fingerprint density at radius 2 is 1.79 bits per heavy atom. The SMILES string of the molecule is O=C(CN1CCN(C(=O)C=Cc2ccccc2[N+](=O)[O-])CC1)Nc1ccc(Cl)c(C(F)(F)F)c1. The fourth-order valence-electron chi connectivity index (χ4n) is 3.41. The number of nitrogens with zero attached hydrogens (tertiary/aromatic N) is 3. The van der Waals surface area contributed by atoms with Crippen LogP contribution in [-0.4, -0.2) is 59.3 Å². The Bertz CT molecular complexity index is 1120. The number of hydrogen-bond acceptors (Lipinski definition) is 5. The zero-order chi connectivity index (χ0) is 24.9. The molecule has 34 heavy (non-hydrogen) atoms. The summed E-state index contributed by atoms with van der Waals surface area (Å²) in [5.74, 6) is -0.811. The summed E-state index contributed by atoms with van der Waals surface area (Å²) in [7, 11) is 0. The maximum Gasteiger partial charge on any atom is 0.417 e. The van der Waals surface area contributed by atoms with Crippen molar-refractivity contribution in [3.63, 3.8) is 0 Å². The number of carbonyl (C=O) groups is 2. The van der Waals surface area contributed by atoms with Crippen LogP contribution in [0.5, 0.6) is 0 Å². The maximum absolute atomic E-state index is 13.0. The van der Waals surface area contributed by atoms with E-state index in [2.05, 4.69) is 5.32 Å². The zero-order valence-electron chi connectivity index (χ0n) is 17.7. The number of hydrogen-bond donors (Lipinski definition) is 1. The highest BCUT2D eigenvalue weighted by atomic mass is 35.5. The van der Waals surface area contributed by atoms with Gasteiger partial charge in [0.1, 0.15) is 0 Å². The van der Waals surface area contributed by atoms with Crippen molar-refractivity contribution in [1.29, 1.82) is 0 Å². The van der Waals surface area contributed by atoms with E-state index in [9.17, 15) is 32.9 Å². The van der Waals surface area contributed by atoms with Gasteiger partial charge in [0.15, 0.2) is 0 Å². The monoisotopic (exact) mass is 496 g/mol. The number of amides is 2. The van der Waals surface area contributed by atoms with Crippen LogP contribution in [0.25, 0.3) is 6.08 Å². The largest absolute Gasteiger partial charge is 0.417 e. The summed E-state index contributed by atoms with van der Waals surface area (Å²) in [4.78, 5) is 38.6. The van der Waals surface area contributed by atoms with Gasteiger partial charge in [-0.15, -0.1) is 0 Å². The van der Waals surface area contributed by atoms with E-state index >= 15 is 0 Å². The molecule has 0 saturated carbocycles. The highest BCUT2D eigenvalue weighted by Gasteiger charge is 2.33. The minimum atomic E-state index is -4.64. The van der Waals surface area contributed by atoms with Crippen LogP contribution in [0.4, 0.5) is 24.5 Å². The first-order chi connectivity index (χ1) is 16.0. The molecule has 1 fully saturated rings. The molecule has 0 bridgehead atoms.